The van der Waals surface area contributed by atoms with Gasteiger partial charge in [0.1, 0.15) is 0 Å². The fraction of sp³-hybridized carbons (Fsp3) is 0.409. The first-order valence-corrected chi connectivity index (χ1v) is 9.71. The van der Waals surface area contributed by atoms with Gasteiger partial charge in [-0.1, -0.05) is 24.3 Å². The Morgan fingerprint density at radius 2 is 2.04 bits per heavy atom. The van der Waals surface area contributed by atoms with Gasteiger partial charge in [0.25, 0.3) is 0 Å². The van der Waals surface area contributed by atoms with Gasteiger partial charge in [-0.05, 0) is 56.0 Å². The van der Waals surface area contributed by atoms with E-state index in [1.165, 1.54) is 40.6 Å². The summed E-state index contributed by atoms with van der Waals surface area (Å²) in [5.41, 5.74) is 5.20. The summed E-state index contributed by atoms with van der Waals surface area (Å²) in [4.78, 5) is 10.4. The van der Waals surface area contributed by atoms with Crippen LogP contribution < -0.4 is 5.32 Å². The molecule has 0 saturated carbocycles. The highest BCUT2D eigenvalue weighted by molar-refractivity contribution is 5.85. The number of benzene rings is 1. The van der Waals surface area contributed by atoms with Gasteiger partial charge in [-0.2, -0.15) is 0 Å². The van der Waals surface area contributed by atoms with Crippen molar-refractivity contribution in [3.63, 3.8) is 0 Å². The molecule has 0 amide bonds. The van der Waals surface area contributed by atoms with Crippen molar-refractivity contribution in [3.05, 3.63) is 65.6 Å². The van der Waals surface area contributed by atoms with Crippen LogP contribution in [-0.2, 0) is 13.0 Å². The third kappa shape index (κ3) is 3.97. The summed E-state index contributed by atoms with van der Waals surface area (Å²) in [6, 6.07) is 13.4. The number of nitrogens with one attached hydrogen (secondary N) is 2. The molecule has 0 unspecified atom stereocenters. The van der Waals surface area contributed by atoms with Gasteiger partial charge in [0, 0.05) is 49.0 Å². The molecule has 1 saturated heterocycles. The molecule has 1 aliphatic heterocycles. The lowest BCUT2D eigenvalue weighted by atomic mass is 10.0. The van der Waals surface area contributed by atoms with Gasteiger partial charge in [-0.15, -0.1) is 0 Å². The van der Waals surface area contributed by atoms with Crippen molar-refractivity contribution in [1.82, 2.24) is 20.2 Å². The van der Waals surface area contributed by atoms with E-state index in [4.69, 9.17) is 0 Å². The van der Waals surface area contributed by atoms with Gasteiger partial charge in [-0.3, -0.25) is 9.88 Å². The molecule has 0 atom stereocenters. The molecule has 0 radical (unpaired) electrons. The summed E-state index contributed by atoms with van der Waals surface area (Å²) in [7, 11) is 0. The molecule has 136 valence electrons. The Labute approximate surface area is 155 Å². The lowest BCUT2D eigenvalue weighted by Gasteiger charge is -2.32. The molecule has 4 heteroatoms. The number of piperidine rings is 1. The molecule has 1 fully saturated rings. The Balaban J connectivity index is 1.23. The summed E-state index contributed by atoms with van der Waals surface area (Å²) in [6.45, 7) is 6.49. The Bertz CT molecular complexity index is 832. The molecule has 0 bridgehead atoms. The zero-order valence-electron chi connectivity index (χ0n) is 15.5. The molecule has 2 N–H and O–H groups in total. The van der Waals surface area contributed by atoms with Crippen molar-refractivity contribution in [2.45, 2.75) is 38.8 Å². The third-order valence-corrected chi connectivity index (χ3v) is 5.54. The van der Waals surface area contributed by atoms with Gasteiger partial charge in [0.2, 0.25) is 0 Å². The summed E-state index contributed by atoms with van der Waals surface area (Å²) >= 11 is 0. The van der Waals surface area contributed by atoms with Crippen LogP contribution in [0.2, 0.25) is 0 Å². The van der Waals surface area contributed by atoms with Crippen molar-refractivity contribution < 1.29 is 0 Å². The Hall–Kier alpha value is -2.17. The molecule has 0 aliphatic carbocycles. The average molecular weight is 348 g/mol. The van der Waals surface area contributed by atoms with Crippen molar-refractivity contribution in [2.75, 3.05) is 19.6 Å². The van der Waals surface area contributed by atoms with Gasteiger partial charge < -0.3 is 10.3 Å². The first kappa shape index (κ1) is 17.3. The van der Waals surface area contributed by atoms with Crippen LogP contribution in [0.25, 0.3) is 10.9 Å². The monoisotopic (exact) mass is 348 g/mol. The Morgan fingerprint density at radius 3 is 2.85 bits per heavy atom. The van der Waals surface area contributed by atoms with Crippen LogP contribution in [0.4, 0.5) is 0 Å². The number of likely N-dealkylation sites (tertiary alicyclic amines) is 1. The second-order valence-corrected chi connectivity index (χ2v) is 7.39. The smallest absolute Gasteiger partial charge is 0.0543 e. The first-order valence-electron chi connectivity index (χ1n) is 9.71. The highest BCUT2D eigenvalue weighted by atomic mass is 15.1. The van der Waals surface area contributed by atoms with Crippen LogP contribution in [-0.4, -0.2) is 40.5 Å². The number of nitrogens with zero attached hydrogens (tertiary/aromatic N) is 2. The number of aromatic nitrogens is 2. The predicted molar refractivity (Wildman–Crippen MR) is 107 cm³/mol. The Kier molecular flexibility index (Phi) is 5.32. The maximum atomic E-state index is 4.44. The van der Waals surface area contributed by atoms with E-state index in [0.29, 0.717) is 6.04 Å². The zero-order valence-corrected chi connectivity index (χ0v) is 15.5. The molecule has 1 aliphatic rings. The molecule has 3 aromatic rings. The van der Waals surface area contributed by atoms with Crippen LogP contribution in [0.15, 0.2) is 48.8 Å². The normalized spacial score (nSPS) is 16.3. The summed E-state index contributed by atoms with van der Waals surface area (Å²) in [5.74, 6) is 0. The maximum Gasteiger partial charge on any atom is 0.0543 e. The summed E-state index contributed by atoms with van der Waals surface area (Å²) < 4.78 is 0. The lowest BCUT2D eigenvalue weighted by Crippen LogP contribution is -2.42. The van der Waals surface area contributed by atoms with Crippen molar-refractivity contribution >= 4 is 10.9 Å². The standard InChI is InChI=1S/C22H28N4/c1-17-5-4-7-21-18(15-25-22(17)21)8-12-24-19-9-13-26(14-10-19)16-20-6-2-3-11-23-20/h2-7,11,15,19,24-25H,8-10,12-14,16H2,1H3. The zero-order chi connectivity index (χ0) is 17.8. The number of H-pyrrole nitrogens is 1. The maximum absolute atomic E-state index is 4.44. The fourth-order valence-corrected chi connectivity index (χ4v) is 4.00. The van der Waals surface area contributed by atoms with E-state index < -0.39 is 0 Å². The van der Waals surface area contributed by atoms with E-state index in [-0.39, 0.29) is 0 Å². The number of aromatic amines is 1. The van der Waals surface area contributed by atoms with Crippen molar-refractivity contribution in [2.24, 2.45) is 0 Å². The number of hydrogen-bond donors (Lipinski definition) is 2. The molecule has 4 nitrogen and oxygen atoms in total. The molecule has 4 rings (SSSR count). The van der Waals surface area contributed by atoms with E-state index in [9.17, 15) is 0 Å². The van der Waals surface area contributed by atoms with Crippen LogP contribution in [0.1, 0.15) is 29.7 Å². The predicted octanol–water partition coefficient (Wildman–Crippen LogP) is 3.67. The van der Waals surface area contributed by atoms with Crippen LogP contribution in [0.3, 0.4) is 0 Å². The minimum absolute atomic E-state index is 0.641. The van der Waals surface area contributed by atoms with Crippen molar-refractivity contribution in [1.29, 1.82) is 0 Å². The van der Waals surface area contributed by atoms with E-state index in [1.54, 1.807) is 0 Å². The lowest BCUT2D eigenvalue weighted by molar-refractivity contribution is 0.189. The van der Waals surface area contributed by atoms with Gasteiger partial charge in [0.15, 0.2) is 0 Å². The number of aryl methyl sites for hydroxylation is 1. The molecule has 3 heterocycles. The number of pyridine rings is 1. The summed E-state index contributed by atoms with van der Waals surface area (Å²) in [5, 5.41) is 5.14. The molecule has 0 spiro atoms. The van der Waals surface area contributed by atoms with E-state index in [0.717, 1.165) is 32.6 Å². The van der Waals surface area contributed by atoms with E-state index >= 15 is 0 Å². The van der Waals surface area contributed by atoms with Gasteiger partial charge >= 0.3 is 0 Å². The average Bonchev–Trinajstić information content (AvgIpc) is 3.09. The molecular weight excluding hydrogens is 320 g/mol. The second kappa shape index (κ2) is 8.02. The topological polar surface area (TPSA) is 44.0 Å². The molecule has 2 aromatic heterocycles. The number of rotatable bonds is 6. The molecule has 26 heavy (non-hydrogen) atoms. The van der Waals surface area contributed by atoms with Gasteiger partial charge in [-0.25, -0.2) is 0 Å². The minimum Gasteiger partial charge on any atom is -0.361 e. The largest absolute Gasteiger partial charge is 0.361 e. The first-order chi connectivity index (χ1) is 12.8. The highest BCUT2D eigenvalue weighted by Crippen LogP contribution is 2.21. The fourth-order valence-electron chi connectivity index (χ4n) is 4.00. The molecular formula is C22H28N4. The number of para-hydroxylation sites is 1. The molecule has 1 aromatic carbocycles. The highest BCUT2D eigenvalue weighted by Gasteiger charge is 2.19. The van der Waals surface area contributed by atoms with E-state index in [1.807, 2.05) is 12.3 Å². The SMILES string of the molecule is Cc1cccc2c(CCNC3CCN(Cc4ccccn4)CC3)c[nH]c12. The number of fused-ring (bicyclic) bond motifs is 1. The van der Waals surface area contributed by atoms with E-state index in [2.05, 4.69) is 63.6 Å². The second-order valence-electron chi connectivity index (χ2n) is 7.39. The summed E-state index contributed by atoms with van der Waals surface area (Å²) in [6.07, 6.45) is 7.59. The van der Waals surface area contributed by atoms with Gasteiger partial charge in [0.05, 0.1) is 5.69 Å². The quantitative estimate of drug-likeness (QED) is 0.714. The Morgan fingerprint density at radius 1 is 1.15 bits per heavy atom. The minimum atomic E-state index is 0.641. The number of hydrogen-bond acceptors (Lipinski definition) is 3. The van der Waals surface area contributed by atoms with Crippen molar-refractivity contribution in [3.8, 4) is 0 Å². The van der Waals surface area contributed by atoms with Crippen LogP contribution >= 0.6 is 0 Å². The van der Waals surface area contributed by atoms with Crippen LogP contribution in [0.5, 0.6) is 0 Å². The van der Waals surface area contributed by atoms with Crippen LogP contribution in [0, 0.1) is 6.92 Å². The third-order valence-electron chi connectivity index (χ3n) is 5.54.